The van der Waals surface area contributed by atoms with Crippen molar-refractivity contribution < 1.29 is 4.74 Å². The molecule has 4 heteroatoms. The number of aromatic nitrogens is 3. The second-order valence-electron chi connectivity index (χ2n) is 6.05. The lowest BCUT2D eigenvalue weighted by molar-refractivity contribution is 0.371. The van der Waals surface area contributed by atoms with E-state index >= 15 is 0 Å². The average molecular weight is 363 g/mol. The van der Waals surface area contributed by atoms with Crippen LogP contribution in [-0.2, 0) is 0 Å². The highest BCUT2D eigenvalue weighted by Gasteiger charge is 2.16. The van der Waals surface area contributed by atoms with E-state index in [0.29, 0.717) is 11.6 Å². The summed E-state index contributed by atoms with van der Waals surface area (Å²) in [6.07, 6.45) is 5.33. The summed E-state index contributed by atoms with van der Waals surface area (Å²) in [4.78, 5) is 4.85. The number of rotatable bonds is 5. The van der Waals surface area contributed by atoms with Crippen LogP contribution in [0.5, 0.6) is 5.75 Å². The molecule has 0 saturated heterocycles. The van der Waals surface area contributed by atoms with Crippen LogP contribution in [0, 0.1) is 12.3 Å². The molecule has 134 valence electrons. The van der Waals surface area contributed by atoms with E-state index < -0.39 is 0 Å². The van der Waals surface area contributed by atoms with E-state index in [1.165, 1.54) is 0 Å². The van der Waals surface area contributed by atoms with Gasteiger partial charge >= 0.3 is 0 Å². The van der Waals surface area contributed by atoms with Gasteiger partial charge < -0.3 is 4.74 Å². The van der Waals surface area contributed by atoms with Crippen molar-refractivity contribution in [3.8, 4) is 52.0 Å². The van der Waals surface area contributed by atoms with Crippen molar-refractivity contribution in [3.05, 3.63) is 84.9 Å². The molecule has 0 aliphatic carbocycles. The van der Waals surface area contributed by atoms with Crippen LogP contribution in [-0.4, -0.2) is 21.8 Å². The molecular formula is C24H17N3O. The number of hydrogen-bond donors (Lipinski definition) is 0. The van der Waals surface area contributed by atoms with Gasteiger partial charge in [-0.1, -0.05) is 78.7 Å². The predicted octanol–water partition coefficient (Wildman–Crippen LogP) is 4.88. The Morgan fingerprint density at radius 3 is 2.00 bits per heavy atom. The molecule has 0 radical (unpaired) electrons. The van der Waals surface area contributed by atoms with Gasteiger partial charge in [-0.05, 0) is 12.1 Å². The van der Waals surface area contributed by atoms with Crippen LogP contribution >= 0.6 is 0 Å². The van der Waals surface area contributed by atoms with Crippen molar-refractivity contribution in [2.75, 3.05) is 6.61 Å². The van der Waals surface area contributed by atoms with Gasteiger partial charge in [-0.3, -0.25) is 0 Å². The Labute approximate surface area is 163 Å². The zero-order chi connectivity index (χ0) is 19.2. The summed E-state index contributed by atoms with van der Waals surface area (Å²) in [7, 11) is 0. The molecule has 0 saturated carbocycles. The second-order valence-corrected chi connectivity index (χ2v) is 6.05. The normalized spacial score (nSPS) is 10.2. The molecule has 0 amide bonds. The Morgan fingerprint density at radius 2 is 1.32 bits per heavy atom. The molecule has 0 unspecified atom stereocenters. The molecule has 0 bridgehead atoms. The molecule has 0 aliphatic heterocycles. The first-order chi connectivity index (χ1) is 13.9. The summed E-state index contributed by atoms with van der Waals surface area (Å²) in [5.41, 5.74) is 4.19. The summed E-state index contributed by atoms with van der Waals surface area (Å²) >= 11 is 0. The third kappa shape index (κ3) is 3.60. The summed E-state index contributed by atoms with van der Waals surface area (Å²) in [5, 5.41) is 8.90. The Morgan fingerprint density at radius 1 is 0.714 bits per heavy atom. The van der Waals surface area contributed by atoms with Gasteiger partial charge in [-0.15, -0.1) is 16.6 Å². The van der Waals surface area contributed by atoms with Crippen LogP contribution in [0.15, 0.2) is 84.9 Å². The van der Waals surface area contributed by atoms with Gasteiger partial charge in [-0.25, -0.2) is 4.98 Å². The average Bonchev–Trinajstić information content (AvgIpc) is 2.79. The molecule has 3 aromatic carbocycles. The second kappa shape index (κ2) is 8.15. The topological polar surface area (TPSA) is 47.9 Å². The number of ether oxygens (including phenoxy) is 1. The maximum atomic E-state index is 5.66. The van der Waals surface area contributed by atoms with Crippen LogP contribution in [0.3, 0.4) is 0 Å². The third-order valence-electron chi connectivity index (χ3n) is 4.22. The van der Waals surface area contributed by atoms with Gasteiger partial charge in [-0.2, -0.15) is 0 Å². The van der Waals surface area contributed by atoms with E-state index in [0.717, 1.165) is 28.1 Å². The molecule has 4 nitrogen and oxygen atoms in total. The molecule has 0 aliphatic rings. The van der Waals surface area contributed by atoms with Gasteiger partial charge in [0.05, 0.1) is 5.56 Å². The van der Waals surface area contributed by atoms with Crippen LogP contribution in [0.2, 0.25) is 0 Å². The SMILES string of the molecule is C#CCOc1ccccc1-c1nnc(-c2ccccc2)c(-c2ccccc2)n1. The standard InChI is InChI=1S/C24H17N3O/c1-2-17-28-21-16-10-9-15-20(21)24-25-22(18-11-5-3-6-12-18)23(26-27-24)19-13-7-4-8-14-19/h1,3-16H,17H2. The monoisotopic (exact) mass is 363 g/mol. The summed E-state index contributed by atoms with van der Waals surface area (Å²) < 4.78 is 5.66. The minimum Gasteiger partial charge on any atom is -0.480 e. The smallest absolute Gasteiger partial charge is 0.186 e. The van der Waals surface area contributed by atoms with Crippen molar-refractivity contribution in [2.45, 2.75) is 0 Å². The number of benzene rings is 3. The van der Waals surface area contributed by atoms with Crippen molar-refractivity contribution >= 4 is 0 Å². The first-order valence-electron chi connectivity index (χ1n) is 8.88. The Hall–Kier alpha value is -3.97. The van der Waals surface area contributed by atoms with E-state index in [1.54, 1.807) is 0 Å². The van der Waals surface area contributed by atoms with E-state index in [4.69, 9.17) is 16.1 Å². The van der Waals surface area contributed by atoms with Gasteiger partial charge in [0.25, 0.3) is 0 Å². The van der Waals surface area contributed by atoms with Crippen molar-refractivity contribution in [3.63, 3.8) is 0 Å². The molecule has 0 atom stereocenters. The summed E-state index contributed by atoms with van der Waals surface area (Å²) in [6.45, 7) is 0.179. The van der Waals surface area contributed by atoms with Crippen LogP contribution < -0.4 is 4.74 Å². The van der Waals surface area contributed by atoms with Crippen molar-refractivity contribution in [1.29, 1.82) is 0 Å². The zero-order valence-electron chi connectivity index (χ0n) is 15.1. The molecule has 1 aromatic heterocycles. The van der Waals surface area contributed by atoms with Crippen LogP contribution in [0.25, 0.3) is 33.9 Å². The molecule has 0 spiro atoms. The lowest BCUT2D eigenvalue weighted by Crippen LogP contribution is -2.02. The minimum atomic E-state index is 0.179. The molecule has 0 N–H and O–H groups in total. The Bertz CT molecular complexity index is 1120. The highest BCUT2D eigenvalue weighted by molar-refractivity contribution is 5.79. The molecule has 1 heterocycles. The lowest BCUT2D eigenvalue weighted by Gasteiger charge is -2.12. The number of para-hydroxylation sites is 1. The van der Waals surface area contributed by atoms with Crippen molar-refractivity contribution in [1.82, 2.24) is 15.2 Å². The fraction of sp³-hybridized carbons (Fsp3) is 0.0417. The van der Waals surface area contributed by atoms with E-state index in [-0.39, 0.29) is 6.61 Å². The fourth-order valence-corrected chi connectivity index (χ4v) is 2.92. The third-order valence-corrected chi connectivity index (χ3v) is 4.22. The Balaban J connectivity index is 1.88. The number of nitrogens with zero attached hydrogens (tertiary/aromatic N) is 3. The molecular weight excluding hydrogens is 346 g/mol. The van der Waals surface area contributed by atoms with Gasteiger partial charge in [0, 0.05) is 11.1 Å². The quantitative estimate of drug-likeness (QED) is 0.474. The van der Waals surface area contributed by atoms with E-state index in [1.807, 2.05) is 84.9 Å². The van der Waals surface area contributed by atoms with Crippen LogP contribution in [0.1, 0.15) is 0 Å². The zero-order valence-corrected chi connectivity index (χ0v) is 15.1. The lowest BCUT2D eigenvalue weighted by atomic mass is 10.0. The summed E-state index contributed by atoms with van der Waals surface area (Å²) in [6, 6.07) is 27.4. The first-order valence-corrected chi connectivity index (χ1v) is 8.88. The van der Waals surface area contributed by atoms with E-state index in [2.05, 4.69) is 16.1 Å². The van der Waals surface area contributed by atoms with Gasteiger partial charge in [0.2, 0.25) is 0 Å². The minimum absolute atomic E-state index is 0.179. The highest BCUT2D eigenvalue weighted by Crippen LogP contribution is 2.32. The molecule has 4 rings (SSSR count). The maximum absolute atomic E-state index is 5.66. The van der Waals surface area contributed by atoms with E-state index in [9.17, 15) is 0 Å². The largest absolute Gasteiger partial charge is 0.480 e. The maximum Gasteiger partial charge on any atom is 0.186 e. The summed E-state index contributed by atoms with van der Waals surface area (Å²) in [5.74, 6) is 3.61. The van der Waals surface area contributed by atoms with Gasteiger partial charge in [0.15, 0.2) is 5.82 Å². The highest BCUT2D eigenvalue weighted by atomic mass is 16.5. The van der Waals surface area contributed by atoms with Crippen molar-refractivity contribution in [2.24, 2.45) is 0 Å². The fourth-order valence-electron chi connectivity index (χ4n) is 2.92. The Kier molecular flexibility index (Phi) is 5.08. The van der Waals surface area contributed by atoms with Gasteiger partial charge in [0.1, 0.15) is 23.7 Å². The number of terminal acetylenes is 1. The predicted molar refractivity (Wildman–Crippen MR) is 110 cm³/mol. The molecule has 28 heavy (non-hydrogen) atoms. The van der Waals surface area contributed by atoms with Crippen LogP contribution in [0.4, 0.5) is 0 Å². The molecule has 4 aromatic rings. The number of hydrogen-bond acceptors (Lipinski definition) is 4. The first kappa shape index (κ1) is 17.4. The molecule has 0 fully saturated rings.